The number of fused-ring (bicyclic) bond motifs is 1. The van der Waals surface area contributed by atoms with Crippen molar-refractivity contribution in [1.29, 1.82) is 5.26 Å². The van der Waals surface area contributed by atoms with E-state index in [2.05, 4.69) is 5.16 Å². The van der Waals surface area contributed by atoms with Gasteiger partial charge in [-0.2, -0.15) is 13.7 Å². The highest BCUT2D eigenvalue weighted by Gasteiger charge is 2.19. The molecule has 0 spiro atoms. The smallest absolute Gasteiger partial charge is 0.263 e. The minimum Gasteiger partial charge on any atom is -0.263 e. The van der Waals surface area contributed by atoms with E-state index < -0.39 is 10.1 Å². The van der Waals surface area contributed by atoms with E-state index in [-0.39, 0.29) is 10.6 Å². The van der Waals surface area contributed by atoms with Gasteiger partial charge in [0.05, 0.1) is 0 Å². The lowest BCUT2D eigenvalue weighted by Crippen LogP contribution is -2.06. The molecule has 3 rings (SSSR count). The molecule has 3 aromatic rings. The summed E-state index contributed by atoms with van der Waals surface area (Å²) in [6.07, 6.45) is 0. The lowest BCUT2D eigenvalue weighted by atomic mass is 10.1. The highest BCUT2D eigenvalue weighted by Crippen LogP contribution is 2.24. The van der Waals surface area contributed by atoms with E-state index in [4.69, 9.17) is 9.55 Å². The fourth-order valence-corrected chi connectivity index (χ4v) is 3.23. The third kappa shape index (κ3) is 3.12. The second kappa shape index (κ2) is 6.52. The van der Waals surface area contributed by atoms with Gasteiger partial charge >= 0.3 is 10.1 Å². The summed E-state index contributed by atoms with van der Waals surface area (Å²) in [5, 5.41) is 14.0. The summed E-state index contributed by atoms with van der Waals surface area (Å²) in [7, 11) is -4.14. The number of nitrogens with zero attached hydrogens (tertiary/aromatic N) is 2. The predicted octanol–water partition coefficient (Wildman–Crippen LogP) is 3.47. The Hall–Kier alpha value is -3.17. The van der Waals surface area contributed by atoms with Crippen LogP contribution in [0.4, 0.5) is 0 Å². The van der Waals surface area contributed by atoms with Crippen LogP contribution in [-0.4, -0.2) is 14.1 Å². The van der Waals surface area contributed by atoms with Crippen molar-refractivity contribution in [3.8, 4) is 6.07 Å². The Balaban J connectivity index is 1.99. The lowest BCUT2D eigenvalue weighted by molar-refractivity contribution is 0.340. The molecule has 0 saturated heterocycles. The maximum absolute atomic E-state index is 12.5. The molecule has 6 heteroatoms. The van der Waals surface area contributed by atoms with E-state index in [1.54, 1.807) is 48.5 Å². The molecule has 0 fully saturated rings. The van der Waals surface area contributed by atoms with E-state index >= 15 is 0 Å². The minimum absolute atomic E-state index is 0.00898. The minimum atomic E-state index is -4.14. The van der Waals surface area contributed by atoms with Gasteiger partial charge in [-0.15, -0.1) is 0 Å². The first kappa shape index (κ1) is 15.7. The van der Waals surface area contributed by atoms with Crippen LogP contribution in [0.2, 0.25) is 0 Å². The summed E-state index contributed by atoms with van der Waals surface area (Å²) in [6, 6.07) is 22.3. The molecule has 0 aliphatic heterocycles. The van der Waals surface area contributed by atoms with Gasteiger partial charge in [0.2, 0.25) is 0 Å². The van der Waals surface area contributed by atoms with Crippen LogP contribution < -0.4 is 0 Å². The van der Waals surface area contributed by atoms with E-state index in [0.29, 0.717) is 10.9 Å². The molecule has 3 aromatic carbocycles. The standard InChI is InChI=1S/C18H12N2O3S/c19-13-17(15-8-2-1-3-9-15)20-23-24(21,22)18-12-6-10-14-7-4-5-11-16(14)18/h1-12H/b20-17+. The van der Waals surface area contributed by atoms with Crippen molar-refractivity contribution in [1.82, 2.24) is 0 Å². The number of oxime groups is 1. The Labute approximate surface area is 139 Å². The van der Waals surface area contributed by atoms with Gasteiger partial charge in [-0.1, -0.05) is 71.9 Å². The van der Waals surface area contributed by atoms with Crippen molar-refractivity contribution in [2.24, 2.45) is 5.16 Å². The average Bonchev–Trinajstić information content (AvgIpc) is 2.62. The van der Waals surface area contributed by atoms with Gasteiger partial charge in [-0.3, -0.25) is 4.28 Å². The molecule has 0 aromatic heterocycles. The maximum atomic E-state index is 12.5. The zero-order chi connectivity index (χ0) is 17.0. The summed E-state index contributed by atoms with van der Waals surface area (Å²) >= 11 is 0. The number of benzene rings is 3. The van der Waals surface area contributed by atoms with E-state index in [1.807, 2.05) is 24.3 Å². The normalized spacial score (nSPS) is 11.9. The molecule has 0 aliphatic carbocycles. The SMILES string of the molecule is N#C/C(=N\OS(=O)(=O)c1cccc2ccccc12)c1ccccc1. The Morgan fingerprint density at radius 2 is 1.58 bits per heavy atom. The molecule has 118 valence electrons. The Morgan fingerprint density at radius 1 is 0.917 bits per heavy atom. The first-order valence-electron chi connectivity index (χ1n) is 7.07. The van der Waals surface area contributed by atoms with E-state index in [1.165, 1.54) is 6.07 Å². The monoisotopic (exact) mass is 336 g/mol. The van der Waals surface area contributed by atoms with Crippen LogP contribution in [0.3, 0.4) is 0 Å². The molecule has 0 amide bonds. The van der Waals surface area contributed by atoms with Crippen molar-refractivity contribution in [3.05, 3.63) is 78.4 Å². The van der Waals surface area contributed by atoms with Crippen molar-refractivity contribution >= 4 is 26.6 Å². The molecule has 24 heavy (non-hydrogen) atoms. The summed E-state index contributed by atoms with van der Waals surface area (Å²) in [6.45, 7) is 0. The molecule has 0 bridgehead atoms. The molecule has 0 saturated carbocycles. The van der Waals surface area contributed by atoms with Crippen LogP contribution in [0.15, 0.2) is 82.8 Å². The Kier molecular flexibility index (Phi) is 4.27. The molecule has 0 atom stereocenters. The largest absolute Gasteiger partial charge is 0.359 e. The highest BCUT2D eigenvalue weighted by molar-refractivity contribution is 7.87. The molecule has 0 aliphatic rings. The van der Waals surface area contributed by atoms with Crippen LogP contribution in [-0.2, 0) is 14.4 Å². The van der Waals surface area contributed by atoms with E-state index in [9.17, 15) is 8.42 Å². The van der Waals surface area contributed by atoms with Gasteiger partial charge < -0.3 is 0 Å². The van der Waals surface area contributed by atoms with Crippen LogP contribution in [0, 0.1) is 11.3 Å². The highest BCUT2D eigenvalue weighted by atomic mass is 32.2. The van der Waals surface area contributed by atoms with Crippen molar-refractivity contribution in [2.45, 2.75) is 4.90 Å². The van der Waals surface area contributed by atoms with Gasteiger partial charge in [0.15, 0.2) is 5.71 Å². The number of rotatable bonds is 4. The molecular weight excluding hydrogens is 324 g/mol. The van der Waals surface area contributed by atoms with Crippen molar-refractivity contribution in [3.63, 3.8) is 0 Å². The van der Waals surface area contributed by atoms with Gasteiger partial charge in [-0.25, -0.2) is 0 Å². The number of hydrogen-bond donors (Lipinski definition) is 0. The third-order valence-electron chi connectivity index (χ3n) is 3.40. The third-order valence-corrected chi connectivity index (χ3v) is 4.56. The lowest BCUT2D eigenvalue weighted by Gasteiger charge is -2.06. The topological polar surface area (TPSA) is 79.5 Å². The fourth-order valence-electron chi connectivity index (χ4n) is 2.27. The van der Waals surface area contributed by atoms with Crippen LogP contribution in [0.1, 0.15) is 5.56 Å². The first-order chi connectivity index (χ1) is 11.6. The van der Waals surface area contributed by atoms with Crippen LogP contribution >= 0.6 is 0 Å². The van der Waals surface area contributed by atoms with Crippen LogP contribution in [0.25, 0.3) is 10.8 Å². The Bertz CT molecular complexity index is 1050. The van der Waals surface area contributed by atoms with E-state index in [0.717, 1.165) is 5.39 Å². The molecule has 5 nitrogen and oxygen atoms in total. The molecule has 0 unspecified atom stereocenters. The zero-order valence-electron chi connectivity index (χ0n) is 12.5. The number of nitriles is 1. The fraction of sp³-hybridized carbons (Fsp3) is 0. The first-order valence-corrected chi connectivity index (χ1v) is 8.47. The van der Waals surface area contributed by atoms with Gasteiger partial charge in [-0.05, 0) is 11.5 Å². The zero-order valence-corrected chi connectivity index (χ0v) is 13.3. The van der Waals surface area contributed by atoms with Crippen molar-refractivity contribution < 1.29 is 12.7 Å². The maximum Gasteiger partial charge on any atom is 0.359 e. The van der Waals surface area contributed by atoms with Crippen molar-refractivity contribution in [2.75, 3.05) is 0 Å². The Morgan fingerprint density at radius 3 is 2.33 bits per heavy atom. The molecular formula is C18H12N2O3S. The predicted molar refractivity (Wildman–Crippen MR) is 90.8 cm³/mol. The molecule has 0 radical (unpaired) electrons. The van der Waals surface area contributed by atoms with Crippen LogP contribution in [0.5, 0.6) is 0 Å². The molecule has 0 N–H and O–H groups in total. The second-order valence-corrected chi connectivity index (χ2v) is 6.42. The van der Waals surface area contributed by atoms with Gasteiger partial charge in [0, 0.05) is 10.9 Å². The van der Waals surface area contributed by atoms with Gasteiger partial charge in [0.25, 0.3) is 0 Å². The summed E-state index contributed by atoms with van der Waals surface area (Å²) in [4.78, 5) is 0.00898. The quantitative estimate of drug-likeness (QED) is 0.540. The molecule has 0 heterocycles. The average molecular weight is 336 g/mol. The number of hydrogen-bond acceptors (Lipinski definition) is 5. The second-order valence-electron chi connectivity index (χ2n) is 4.92. The summed E-state index contributed by atoms with van der Waals surface area (Å²) in [5.41, 5.74) is 0.368. The summed E-state index contributed by atoms with van der Waals surface area (Å²) < 4.78 is 29.7. The van der Waals surface area contributed by atoms with Gasteiger partial charge in [0.1, 0.15) is 11.0 Å². The summed E-state index contributed by atoms with van der Waals surface area (Å²) in [5.74, 6) is 0.